The molecule has 164 valence electrons. The van der Waals surface area contributed by atoms with Crippen LogP contribution < -0.4 is 10.1 Å². The van der Waals surface area contributed by atoms with E-state index in [9.17, 15) is 14.4 Å². The zero-order chi connectivity index (χ0) is 22.8. The van der Waals surface area contributed by atoms with Crippen LogP contribution in [0, 0.1) is 0 Å². The number of benzene rings is 2. The van der Waals surface area contributed by atoms with E-state index in [1.165, 1.54) is 0 Å². The highest BCUT2D eigenvalue weighted by Gasteiger charge is 2.36. The van der Waals surface area contributed by atoms with Crippen molar-refractivity contribution in [3.8, 4) is 11.5 Å². The molecule has 1 N–H and O–H groups in total. The lowest BCUT2D eigenvalue weighted by Gasteiger charge is -2.27. The molecule has 5 rings (SSSR count). The number of rotatable bonds is 5. The van der Waals surface area contributed by atoms with Crippen molar-refractivity contribution >= 4 is 34.9 Å². The van der Waals surface area contributed by atoms with Crippen molar-refractivity contribution in [2.24, 2.45) is 0 Å². The van der Waals surface area contributed by atoms with Gasteiger partial charge in [-0.05, 0) is 41.6 Å². The second-order valence-electron chi connectivity index (χ2n) is 7.52. The highest BCUT2D eigenvalue weighted by Crippen LogP contribution is 2.43. The molecule has 7 nitrogen and oxygen atoms in total. The molecule has 3 heterocycles. The normalized spacial score (nSPS) is 16.4. The quantitative estimate of drug-likeness (QED) is 0.579. The van der Waals surface area contributed by atoms with Crippen LogP contribution in [0.5, 0.6) is 11.5 Å². The Morgan fingerprint density at radius 2 is 1.73 bits per heavy atom. The maximum absolute atomic E-state index is 13.2. The van der Waals surface area contributed by atoms with Gasteiger partial charge in [0.2, 0.25) is 5.91 Å². The third kappa shape index (κ3) is 4.12. The number of pyridine rings is 1. The fourth-order valence-corrected chi connectivity index (χ4v) is 4.76. The Kier molecular flexibility index (Phi) is 5.66. The molecule has 3 amide bonds. The van der Waals surface area contributed by atoms with Crippen LogP contribution in [-0.4, -0.2) is 40.0 Å². The molecule has 0 radical (unpaired) electrons. The number of ether oxygens (including phenoxy) is 1. The molecule has 0 spiro atoms. The van der Waals surface area contributed by atoms with Gasteiger partial charge in [-0.25, -0.2) is 0 Å². The summed E-state index contributed by atoms with van der Waals surface area (Å²) in [6, 6.07) is 18.4. The Morgan fingerprint density at radius 1 is 1.03 bits per heavy atom. The van der Waals surface area contributed by atoms with Gasteiger partial charge in [-0.1, -0.05) is 42.5 Å². The summed E-state index contributed by atoms with van der Waals surface area (Å²) in [6.45, 7) is 0.242. The maximum atomic E-state index is 13.2. The molecule has 2 aliphatic rings. The molecule has 1 aromatic heterocycles. The fraction of sp³-hybridized carbons (Fsp3) is 0.120. The van der Waals surface area contributed by atoms with Crippen LogP contribution >= 0.6 is 11.8 Å². The molecule has 1 saturated heterocycles. The third-order valence-corrected chi connectivity index (χ3v) is 6.34. The van der Waals surface area contributed by atoms with Crippen molar-refractivity contribution < 1.29 is 19.1 Å². The van der Waals surface area contributed by atoms with Crippen LogP contribution in [0.4, 0.5) is 4.79 Å². The minimum absolute atomic E-state index is 0.0906. The molecule has 2 aliphatic heterocycles. The van der Waals surface area contributed by atoms with Gasteiger partial charge in [0.25, 0.3) is 11.1 Å². The number of hydrogen-bond acceptors (Lipinski definition) is 6. The lowest BCUT2D eigenvalue weighted by molar-refractivity contribution is -0.124. The highest BCUT2D eigenvalue weighted by molar-refractivity contribution is 8.18. The number of thioether (sulfide) groups is 1. The molecule has 3 aromatic rings. The Labute approximate surface area is 194 Å². The lowest BCUT2D eigenvalue weighted by Crippen LogP contribution is -2.39. The number of para-hydroxylation sites is 2. The van der Waals surface area contributed by atoms with Crippen LogP contribution in [-0.2, 0) is 9.59 Å². The predicted molar refractivity (Wildman–Crippen MR) is 125 cm³/mol. The van der Waals surface area contributed by atoms with E-state index in [2.05, 4.69) is 10.3 Å². The average Bonchev–Trinajstić information content (AvgIpc) is 3.10. The maximum Gasteiger partial charge on any atom is 0.293 e. The van der Waals surface area contributed by atoms with Gasteiger partial charge in [0.05, 0.1) is 10.8 Å². The monoisotopic (exact) mass is 457 g/mol. The summed E-state index contributed by atoms with van der Waals surface area (Å²) < 4.78 is 5.94. The van der Waals surface area contributed by atoms with Crippen LogP contribution in [0.1, 0.15) is 22.6 Å². The summed E-state index contributed by atoms with van der Waals surface area (Å²) in [4.78, 5) is 43.8. The minimum atomic E-state index is -0.536. The zero-order valence-electron chi connectivity index (χ0n) is 17.4. The Morgan fingerprint density at radius 3 is 2.39 bits per heavy atom. The second-order valence-corrected chi connectivity index (χ2v) is 8.51. The SMILES string of the molecule is O=C(NCCN1C(=O)S/C(=C\c2cccnc2)C1=O)C1c2ccccc2Oc2ccccc21. The third-order valence-electron chi connectivity index (χ3n) is 5.43. The van der Waals surface area contributed by atoms with Crippen LogP contribution in [0.2, 0.25) is 0 Å². The Bertz CT molecular complexity index is 1230. The smallest absolute Gasteiger partial charge is 0.293 e. The first kappa shape index (κ1) is 21.0. The van der Waals surface area contributed by atoms with Gasteiger partial charge in [-0.3, -0.25) is 24.3 Å². The number of carbonyl (C=O) groups is 3. The van der Waals surface area contributed by atoms with Gasteiger partial charge < -0.3 is 10.1 Å². The Balaban J connectivity index is 1.28. The van der Waals surface area contributed by atoms with E-state index < -0.39 is 5.92 Å². The summed E-state index contributed by atoms with van der Waals surface area (Å²) in [5.41, 5.74) is 2.30. The molecule has 2 aromatic carbocycles. The summed E-state index contributed by atoms with van der Waals surface area (Å²) in [5, 5.41) is 2.53. The van der Waals surface area contributed by atoms with E-state index in [0.717, 1.165) is 33.4 Å². The largest absolute Gasteiger partial charge is 0.457 e. The van der Waals surface area contributed by atoms with Crippen LogP contribution in [0.3, 0.4) is 0 Å². The number of imide groups is 1. The standard InChI is InChI=1S/C25H19N3O4S/c29-23(22-17-7-1-3-9-19(17)32-20-10-4-2-8-18(20)22)27-12-13-28-24(30)21(33-25(28)31)14-16-6-5-11-26-15-16/h1-11,14-15,22H,12-13H2,(H,27,29)/b21-14-. The zero-order valence-corrected chi connectivity index (χ0v) is 18.2. The number of carbonyl (C=O) groups excluding carboxylic acids is 3. The van der Waals surface area contributed by atoms with Crippen molar-refractivity contribution in [2.75, 3.05) is 13.1 Å². The summed E-state index contributed by atoms with van der Waals surface area (Å²) in [6.07, 6.45) is 4.91. The first-order valence-corrected chi connectivity index (χ1v) is 11.2. The number of fused-ring (bicyclic) bond motifs is 2. The highest BCUT2D eigenvalue weighted by atomic mass is 32.2. The molecule has 0 saturated carbocycles. The van der Waals surface area contributed by atoms with E-state index in [-0.39, 0.29) is 30.1 Å². The molecular formula is C25H19N3O4S. The summed E-state index contributed by atoms with van der Waals surface area (Å²) in [5.74, 6) is 0.165. The van der Waals surface area contributed by atoms with E-state index in [0.29, 0.717) is 16.4 Å². The number of nitrogens with zero attached hydrogens (tertiary/aromatic N) is 2. The van der Waals surface area contributed by atoms with Crippen molar-refractivity contribution in [1.29, 1.82) is 0 Å². The number of hydrogen-bond donors (Lipinski definition) is 1. The van der Waals surface area contributed by atoms with Crippen molar-refractivity contribution in [3.63, 3.8) is 0 Å². The van der Waals surface area contributed by atoms with E-state index in [1.54, 1.807) is 24.5 Å². The van der Waals surface area contributed by atoms with E-state index in [1.807, 2.05) is 54.6 Å². The molecule has 8 heteroatoms. The molecule has 0 aliphatic carbocycles. The number of nitrogens with one attached hydrogen (secondary N) is 1. The predicted octanol–water partition coefficient (Wildman–Crippen LogP) is 4.17. The molecule has 0 bridgehead atoms. The molecular weight excluding hydrogens is 438 g/mol. The van der Waals surface area contributed by atoms with Gasteiger partial charge >= 0.3 is 0 Å². The van der Waals surface area contributed by atoms with Crippen LogP contribution in [0.25, 0.3) is 6.08 Å². The van der Waals surface area contributed by atoms with Gasteiger partial charge in [0.15, 0.2) is 0 Å². The van der Waals surface area contributed by atoms with E-state index in [4.69, 9.17) is 4.74 Å². The molecule has 1 fully saturated rings. The van der Waals surface area contributed by atoms with Crippen molar-refractivity contribution in [2.45, 2.75) is 5.92 Å². The van der Waals surface area contributed by atoms with Gasteiger partial charge in [0, 0.05) is 36.6 Å². The second kappa shape index (κ2) is 8.91. The minimum Gasteiger partial charge on any atom is -0.457 e. The number of aromatic nitrogens is 1. The topological polar surface area (TPSA) is 88.6 Å². The van der Waals surface area contributed by atoms with Crippen LogP contribution in [0.15, 0.2) is 78.0 Å². The van der Waals surface area contributed by atoms with Gasteiger partial charge in [0.1, 0.15) is 11.5 Å². The van der Waals surface area contributed by atoms with Crippen molar-refractivity contribution in [1.82, 2.24) is 15.2 Å². The average molecular weight is 458 g/mol. The number of amides is 3. The fourth-order valence-electron chi connectivity index (χ4n) is 3.89. The van der Waals surface area contributed by atoms with Gasteiger partial charge in [-0.15, -0.1) is 0 Å². The lowest BCUT2D eigenvalue weighted by atomic mass is 9.87. The van der Waals surface area contributed by atoms with Crippen molar-refractivity contribution in [3.05, 3.63) is 94.7 Å². The first-order chi connectivity index (χ1) is 16.1. The van der Waals surface area contributed by atoms with E-state index >= 15 is 0 Å². The molecule has 0 unspecified atom stereocenters. The van der Waals surface area contributed by atoms with Gasteiger partial charge in [-0.2, -0.15) is 0 Å². The molecule has 0 atom stereocenters. The molecule has 33 heavy (non-hydrogen) atoms. The first-order valence-electron chi connectivity index (χ1n) is 10.4. The Hall–Kier alpha value is -3.91. The summed E-state index contributed by atoms with van der Waals surface area (Å²) >= 11 is 0.886. The summed E-state index contributed by atoms with van der Waals surface area (Å²) in [7, 11) is 0.